The lowest BCUT2D eigenvalue weighted by Crippen LogP contribution is -2.65. The van der Waals surface area contributed by atoms with E-state index in [0.717, 1.165) is 5.57 Å². The Balaban J connectivity index is 1.64. The fraction of sp³-hybridized carbons (Fsp3) is 0.816. The van der Waals surface area contributed by atoms with E-state index >= 15 is 0 Å². The van der Waals surface area contributed by atoms with Gasteiger partial charge in [-0.1, -0.05) is 52.3 Å². The molecule has 0 radical (unpaired) electrons. The van der Waals surface area contributed by atoms with Crippen molar-refractivity contribution in [3.05, 3.63) is 23.8 Å². The first-order valence-corrected chi connectivity index (χ1v) is 17.8. The number of hydrogen-bond donors (Lipinski definition) is 5. The summed E-state index contributed by atoms with van der Waals surface area (Å²) in [6.45, 7) is 17.3. The summed E-state index contributed by atoms with van der Waals surface area (Å²) in [6, 6.07) is 0. The van der Waals surface area contributed by atoms with Gasteiger partial charge in [-0.25, -0.2) is 0 Å². The van der Waals surface area contributed by atoms with Crippen LogP contribution in [-0.2, 0) is 28.6 Å². The fourth-order valence-corrected chi connectivity index (χ4v) is 10.9. The summed E-state index contributed by atoms with van der Waals surface area (Å²) in [5.41, 5.74) is -5.80. The van der Waals surface area contributed by atoms with Gasteiger partial charge in [-0.3, -0.25) is 14.4 Å². The Labute approximate surface area is 290 Å². The SMILES string of the molecule is CC(=O)O[C@@H]1[C@H](O[C@@H]2C[C@@]3(C)[C@@H]4CC=C5[C@@H](C[C@H](O)[C@@H](O)C5(C)C)[C@]4(C)C(=O)C[C@]3(C)[C@H]2[C@@](C)(O)C(=O)C=CC(C)(C)O)O[C@@H](C)C[C@@H]1O. The average molecular weight is 691 g/mol. The van der Waals surface area contributed by atoms with Gasteiger partial charge < -0.3 is 39.7 Å². The van der Waals surface area contributed by atoms with Gasteiger partial charge in [0.1, 0.15) is 11.4 Å². The van der Waals surface area contributed by atoms with Gasteiger partial charge in [0.2, 0.25) is 0 Å². The zero-order chi connectivity index (χ0) is 36.9. The van der Waals surface area contributed by atoms with Crippen LogP contribution >= 0.6 is 0 Å². The van der Waals surface area contributed by atoms with Crippen LogP contribution in [0.5, 0.6) is 0 Å². The van der Waals surface area contributed by atoms with E-state index in [9.17, 15) is 39.9 Å². The standard InChI is InChI=1S/C38H58O11/c1-19-15-23(40)29(48-20(2)39)32(47-19)49-25-17-35(7)26-12-11-21-22(16-24(41)31(44)34(21,5)6)37(26,9)28(43)18-36(35,8)30(25)38(10,46)27(42)13-14-33(3,4)45/h11,13-14,19,22-26,29-32,40-41,44-46H,12,15-18H2,1-10H3/t19-,22+,23-,24-,25+,26-,29-,30-,31+,32-,35-,36+,37-,38-/m0/s1. The third-order valence-electron chi connectivity index (χ3n) is 13.6. The first kappa shape index (κ1) is 38.2. The van der Waals surface area contributed by atoms with Crippen molar-refractivity contribution < 1.29 is 54.1 Å². The molecule has 11 nitrogen and oxygen atoms in total. The summed E-state index contributed by atoms with van der Waals surface area (Å²) < 4.78 is 18.3. The van der Waals surface area contributed by atoms with E-state index in [1.807, 2.05) is 27.7 Å². The zero-order valence-electron chi connectivity index (χ0n) is 30.7. The molecule has 0 aromatic carbocycles. The van der Waals surface area contributed by atoms with Crippen molar-refractivity contribution >= 4 is 17.5 Å². The molecule has 49 heavy (non-hydrogen) atoms. The second kappa shape index (κ2) is 12.3. The lowest BCUT2D eigenvalue weighted by Gasteiger charge is -2.65. The van der Waals surface area contributed by atoms with Crippen molar-refractivity contribution in [1.82, 2.24) is 0 Å². The minimum atomic E-state index is -2.08. The number of carbonyl (C=O) groups is 3. The minimum Gasteiger partial charge on any atom is -0.454 e. The molecule has 276 valence electrons. The normalized spacial score (nSPS) is 46.3. The van der Waals surface area contributed by atoms with Crippen LogP contribution in [0.25, 0.3) is 0 Å². The van der Waals surface area contributed by atoms with Crippen molar-refractivity contribution in [2.24, 2.45) is 39.4 Å². The van der Waals surface area contributed by atoms with E-state index in [0.29, 0.717) is 12.8 Å². The zero-order valence-corrected chi connectivity index (χ0v) is 30.7. The maximum atomic E-state index is 14.8. The Kier molecular flexibility index (Phi) is 9.61. The first-order chi connectivity index (χ1) is 22.3. The summed E-state index contributed by atoms with van der Waals surface area (Å²) in [4.78, 5) is 40.8. The van der Waals surface area contributed by atoms with Gasteiger partial charge >= 0.3 is 5.97 Å². The molecule has 0 aromatic rings. The quantitative estimate of drug-likeness (QED) is 0.151. The van der Waals surface area contributed by atoms with Crippen molar-refractivity contribution in [3.8, 4) is 0 Å². The molecule has 1 aliphatic heterocycles. The van der Waals surface area contributed by atoms with E-state index in [2.05, 4.69) is 13.0 Å². The Hall–Kier alpha value is -1.99. The number of esters is 1. The molecule has 5 aliphatic rings. The number of ketones is 2. The molecule has 4 aliphatic carbocycles. The van der Waals surface area contributed by atoms with Gasteiger partial charge in [-0.15, -0.1) is 0 Å². The molecule has 5 N–H and O–H groups in total. The van der Waals surface area contributed by atoms with Gasteiger partial charge in [-0.2, -0.15) is 0 Å². The fourth-order valence-electron chi connectivity index (χ4n) is 10.9. The molecule has 0 unspecified atom stereocenters. The second-order valence-electron chi connectivity index (χ2n) is 17.7. The number of aliphatic hydroxyl groups excluding tert-OH is 3. The predicted octanol–water partition coefficient (Wildman–Crippen LogP) is 3.17. The molecule has 1 heterocycles. The average Bonchev–Trinajstić information content (AvgIpc) is 3.18. The largest absolute Gasteiger partial charge is 0.454 e. The highest BCUT2D eigenvalue weighted by molar-refractivity contribution is 5.97. The monoisotopic (exact) mass is 690 g/mol. The van der Waals surface area contributed by atoms with Crippen LogP contribution < -0.4 is 0 Å². The maximum Gasteiger partial charge on any atom is 0.303 e. The van der Waals surface area contributed by atoms with Crippen LogP contribution in [0.1, 0.15) is 101 Å². The number of rotatable bonds is 7. The lowest BCUT2D eigenvalue weighted by atomic mass is 9.38. The summed E-state index contributed by atoms with van der Waals surface area (Å²) in [7, 11) is 0. The molecular formula is C38H58O11. The van der Waals surface area contributed by atoms with E-state index in [4.69, 9.17) is 14.2 Å². The summed E-state index contributed by atoms with van der Waals surface area (Å²) in [5, 5.41) is 55.7. The summed E-state index contributed by atoms with van der Waals surface area (Å²) in [5.74, 6) is -2.90. The van der Waals surface area contributed by atoms with E-state index in [1.165, 1.54) is 39.8 Å². The second-order valence-corrected chi connectivity index (χ2v) is 17.7. The van der Waals surface area contributed by atoms with E-state index < -0.39 is 93.4 Å². The number of allylic oxidation sites excluding steroid dienone is 1. The summed E-state index contributed by atoms with van der Waals surface area (Å²) in [6.07, 6.45) is -0.883. The highest BCUT2D eigenvalue weighted by Gasteiger charge is 2.75. The topological polar surface area (TPSA) is 180 Å². The molecule has 0 aromatic heterocycles. The predicted molar refractivity (Wildman–Crippen MR) is 179 cm³/mol. The third-order valence-corrected chi connectivity index (χ3v) is 13.6. The van der Waals surface area contributed by atoms with Crippen molar-refractivity contribution in [1.29, 1.82) is 0 Å². The molecule has 0 spiro atoms. The van der Waals surface area contributed by atoms with Gasteiger partial charge in [0, 0.05) is 36.5 Å². The van der Waals surface area contributed by atoms with Gasteiger partial charge in [0.25, 0.3) is 0 Å². The van der Waals surface area contributed by atoms with Crippen LogP contribution in [0.4, 0.5) is 0 Å². The maximum absolute atomic E-state index is 14.8. The number of hydrogen-bond acceptors (Lipinski definition) is 11. The lowest BCUT2D eigenvalue weighted by molar-refractivity contribution is -0.290. The van der Waals surface area contributed by atoms with E-state index in [1.54, 1.807) is 6.92 Å². The van der Waals surface area contributed by atoms with Crippen LogP contribution in [0.3, 0.4) is 0 Å². The Bertz CT molecular complexity index is 1410. The number of carbonyl (C=O) groups excluding carboxylic acids is 3. The first-order valence-electron chi connectivity index (χ1n) is 17.8. The molecule has 1 saturated heterocycles. The number of aliphatic hydroxyl groups is 5. The molecular weight excluding hydrogens is 632 g/mol. The van der Waals surface area contributed by atoms with Crippen LogP contribution in [0.15, 0.2) is 23.8 Å². The third kappa shape index (κ3) is 5.99. The number of Topliss-reactive ketones (excluding diaryl/α,β-unsaturated/α-hetero) is 1. The molecule has 5 rings (SSSR count). The van der Waals surface area contributed by atoms with Crippen LogP contribution in [-0.4, -0.2) is 97.2 Å². The molecule has 0 bridgehead atoms. The van der Waals surface area contributed by atoms with Crippen LogP contribution in [0, 0.1) is 39.4 Å². The van der Waals surface area contributed by atoms with Gasteiger partial charge in [0.15, 0.2) is 18.2 Å². The highest BCUT2D eigenvalue weighted by atomic mass is 16.7. The molecule has 0 amide bonds. The molecule has 4 fully saturated rings. The Morgan fingerprint density at radius 3 is 2.22 bits per heavy atom. The number of ether oxygens (including phenoxy) is 3. The summed E-state index contributed by atoms with van der Waals surface area (Å²) >= 11 is 0. The van der Waals surface area contributed by atoms with Crippen LogP contribution in [0.2, 0.25) is 0 Å². The van der Waals surface area contributed by atoms with Crippen molar-refractivity contribution in [2.45, 2.75) is 155 Å². The Morgan fingerprint density at radius 1 is 1.00 bits per heavy atom. The Morgan fingerprint density at radius 2 is 1.63 bits per heavy atom. The van der Waals surface area contributed by atoms with Crippen molar-refractivity contribution in [3.63, 3.8) is 0 Å². The van der Waals surface area contributed by atoms with Gasteiger partial charge in [0.05, 0.1) is 36.1 Å². The van der Waals surface area contributed by atoms with Gasteiger partial charge in [-0.05, 0) is 75.7 Å². The van der Waals surface area contributed by atoms with E-state index in [-0.39, 0.29) is 36.9 Å². The number of fused-ring (bicyclic) bond motifs is 5. The minimum absolute atomic E-state index is 0.0143. The smallest absolute Gasteiger partial charge is 0.303 e. The highest BCUT2D eigenvalue weighted by Crippen LogP contribution is 2.74. The molecule has 11 heteroatoms. The molecule has 14 atom stereocenters. The van der Waals surface area contributed by atoms with Crippen molar-refractivity contribution in [2.75, 3.05) is 0 Å². The molecule has 3 saturated carbocycles.